The Hall–Kier alpha value is -1.76. The quantitative estimate of drug-likeness (QED) is 0.567. The molecule has 0 aromatic heterocycles. The molecular weight excluding hydrogens is 280 g/mol. The average Bonchev–Trinajstić information content (AvgIpc) is 2.61. The van der Waals surface area contributed by atoms with E-state index in [2.05, 4.69) is 56.3 Å². The zero-order chi connectivity index (χ0) is 17.5. The maximum Gasteiger partial charge on any atom is 0.119 e. The van der Waals surface area contributed by atoms with Gasteiger partial charge in [-0.1, -0.05) is 75.7 Å². The summed E-state index contributed by atoms with van der Waals surface area (Å²) < 4.78 is 5.91. The minimum Gasteiger partial charge on any atom is -0.491 e. The normalized spacial score (nSPS) is 10.5. The molecule has 0 radical (unpaired) electrons. The highest BCUT2D eigenvalue weighted by Gasteiger charge is 2.04. The summed E-state index contributed by atoms with van der Waals surface area (Å²) in [5, 5.41) is 0. The van der Waals surface area contributed by atoms with Gasteiger partial charge in [0, 0.05) is 0 Å². The van der Waals surface area contributed by atoms with Crippen LogP contribution in [0.3, 0.4) is 0 Å². The molecular formula is C22H34O. The Labute approximate surface area is 143 Å². The van der Waals surface area contributed by atoms with Gasteiger partial charge in [-0.3, -0.25) is 0 Å². The Bertz CT molecular complexity index is 473. The lowest BCUT2D eigenvalue weighted by atomic mass is 10.1. The first-order valence-corrected chi connectivity index (χ1v) is 9.01. The van der Waals surface area contributed by atoms with E-state index in [4.69, 9.17) is 4.74 Å². The Balaban J connectivity index is 0.00000112. The maximum atomic E-state index is 5.91. The summed E-state index contributed by atoms with van der Waals surface area (Å²) in [5.74, 6) is 0.970. The molecule has 0 N–H and O–H groups in total. The minimum atomic E-state index is 0.270. The summed E-state index contributed by atoms with van der Waals surface area (Å²) in [6, 6.07) is 18.9. The van der Waals surface area contributed by atoms with Crippen LogP contribution in [0, 0.1) is 6.92 Å². The first-order chi connectivity index (χ1) is 11.2. The van der Waals surface area contributed by atoms with Gasteiger partial charge in [0.2, 0.25) is 0 Å². The number of hydrogen-bond acceptors (Lipinski definition) is 1. The monoisotopic (exact) mass is 314 g/mol. The second-order valence-electron chi connectivity index (χ2n) is 5.12. The van der Waals surface area contributed by atoms with Crippen molar-refractivity contribution in [1.82, 2.24) is 0 Å². The predicted molar refractivity (Wildman–Crippen MR) is 103 cm³/mol. The number of hydrogen-bond donors (Lipinski definition) is 0. The lowest BCUT2D eigenvalue weighted by Gasteiger charge is -2.14. The van der Waals surface area contributed by atoms with Crippen LogP contribution in [0.4, 0.5) is 0 Å². The van der Waals surface area contributed by atoms with Crippen molar-refractivity contribution < 1.29 is 4.74 Å². The van der Waals surface area contributed by atoms with E-state index in [0.717, 1.165) is 25.0 Å². The SMILES string of the molecule is CC.CC.Cc1ccc(OC(C)CCCc2ccccc2)cc1. The topological polar surface area (TPSA) is 9.23 Å². The van der Waals surface area contributed by atoms with E-state index in [0.29, 0.717) is 0 Å². The van der Waals surface area contributed by atoms with Crippen molar-refractivity contribution in [2.75, 3.05) is 0 Å². The van der Waals surface area contributed by atoms with Gasteiger partial charge in [0.1, 0.15) is 5.75 Å². The molecule has 0 saturated carbocycles. The van der Waals surface area contributed by atoms with Crippen LogP contribution in [0.2, 0.25) is 0 Å². The summed E-state index contributed by atoms with van der Waals surface area (Å²) >= 11 is 0. The molecule has 0 amide bonds. The first kappa shape index (κ1) is 21.2. The van der Waals surface area contributed by atoms with Crippen LogP contribution >= 0.6 is 0 Å². The molecule has 128 valence electrons. The summed E-state index contributed by atoms with van der Waals surface area (Å²) in [4.78, 5) is 0. The molecule has 0 fully saturated rings. The van der Waals surface area contributed by atoms with Crippen LogP contribution in [-0.4, -0.2) is 6.10 Å². The fourth-order valence-corrected chi connectivity index (χ4v) is 2.15. The van der Waals surface area contributed by atoms with Crippen LogP contribution < -0.4 is 4.74 Å². The molecule has 0 heterocycles. The Morgan fingerprint density at radius 3 is 1.96 bits per heavy atom. The molecule has 0 saturated heterocycles. The highest BCUT2D eigenvalue weighted by molar-refractivity contribution is 5.26. The van der Waals surface area contributed by atoms with E-state index in [1.807, 2.05) is 39.8 Å². The largest absolute Gasteiger partial charge is 0.491 e. The van der Waals surface area contributed by atoms with Gasteiger partial charge >= 0.3 is 0 Å². The van der Waals surface area contributed by atoms with E-state index in [9.17, 15) is 0 Å². The second-order valence-corrected chi connectivity index (χ2v) is 5.12. The van der Waals surface area contributed by atoms with Gasteiger partial charge in [-0.05, 0) is 50.8 Å². The lowest BCUT2D eigenvalue weighted by molar-refractivity contribution is 0.208. The Morgan fingerprint density at radius 2 is 1.39 bits per heavy atom. The third-order valence-electron chi connectivity index (χ3n) is 3.28. The summed E-state index contributed by atoms with van der Waals surface area (Å²) in [6.07, 6.45) is 3.65. The van der Waals surface area contributed by atoms with Crippen molar-refractivity contribution in [1.29, 1.82) is 0 Å². The summed E-state index contributed by atoms with van der Waals surface area (Å²) in [5.41, 5.74) is 2.68. The molecule has 23 heavy (non-hydrogen) atoms. The van der Waals surface area contributed by atoms with Crippen molar-refractivity contribution in [2.24, 2.45) is 0 Å². The summed E-state index contributed by atoms with van der Waals surface area (Å²) in [7, 11) is 0. The molecule has 0 aliphatic carbocycles. The fraction of sp³-hybridized carbons (Fsp3) is 0.455. The maximum absolute atomic E-state index is 5.91. The van der Waals surface area contributed by atoms with E-state index >= 15 is 0 Å². The third kappa shape index (κ3) is 9.78. The average molecular weight is 315 g/mol. The van der Waals surface area contributed by atoms with Crippen molar-refractivity contribution >= 4 is 0 Å². The van der Waals surface area contributed by atoms with E-state index in [-0.39, 0.29) is 6.10 Å². The van der Waals surface area contributed by atoms with Crippen LogP contribution in [-0.2, 0) is 6.42 Å². The number of rotatable bonds is 6. The van der Waals surface area contributed by atoms with Gasteiger partial charge in [0.15, 0.2) is 0 Å². The van der Waals surface area contributed by atoms with E-state index in [1.54, 1.807) is 0 Å². The molecule has 0 spiro atoms. The predicted octanol–water partition coefficient (Wildman–Crippen LogP) is 6.84. The van der Waals surface area contributed by atoms with Gasteiger partial charge < -0.3 is 4.74 Å². The number of aryl methyl sites for hydroxylation is 2. The standard InChI is InChI=1S/C18H22O.2C2H6/c1-15-11-13-18(14-12-15)19-16(2)7-6-10-17-8-4-3-5-9-17;2*1-2/h3-5,8-9,11-14,16H,6-7,10H2,1-2H3;2*1-2H3. The number of benzene rings is 2. The molecule has 1 nitrogen and oxygen atoms in total. The van der Waals surface area contributed by atoms with Gasteiger partial charge in [-0.2, -0.15) is 0 Å². The molecule has 2 aromatic carbocycles. The fourth-order valence-electron chi connectivity index (χ4n) is 2.15. The highest BCUT2D eigenvalue weighted by atomic mass is 16.5. The molecule has 1 unspecified atom stereocenters. The van der Waals surface area contributed by atoms with Gasteiger partial charge in [0.05, 0.1) is 6.10 Å². The van der Waals surface area contributed by atoms with Gasteiger partial charge in [-0.25, -0.2) is 0 Å². The van der Waals surface area contributed by atoms with Crippen LogP contribution in [0.1, 0.15) is 58.6 Å². The molecule has 2 rings (SSSR count). The Kier molecular flexibility index (Phi) is 12.8. The summed E-state index contributed by atoms with van der Waals surface area (Å²) in [6.45, 7) is 12.2. The zero-order valence-corrected chi connectivity index (χ0v) is 15.8. The molecule has 0 bridgehead atoms. The second kappa shape index (κ2) is 13.9. The smallest absolute Gasteiger partial charge is 0.119 e. The van der Waals surface area contributed by atoms with Gasteiger partial charge in [0.25, 0.3) is 0 Å². The Morgan fingerprint density at radius 1 is 0.826 bits per heavy atom. The van der Waals surface area contributed by atoms with Crippen molar-refractivity contribution in [2.45, 2.75) is 66.9 Å². The van der Waals surface area contributed by atoms with Gasteiger partial charge in [-0.15, -0.1) is 0 Å². The lowest BCUT2D eigenvalue weighted by Crippen LogP contribution is -2.11. The van der Waals surface area contributed by atoms with Crippen LogP contribution in [0.25, 0.3) is 0 Å². The zero-order valence-electron chi connectivity index (χ0n) is 15.8. The molecule has 1 heteroatoms. The van der Waals surface area contributed by atoms with Crippen molar-refractivity contribution in [3.63, 3.8) is 0 Å². The van der Waals surface area contributed by atoms with Crippen LogP contribution in [0.5, 0.6) is 5.75 Å². The highest BCUT2D eigenvalue weighted by Crippen LogP contribution is 2.16. The minimum absolute atomic E-state index is 0.270. The molecule has 0 aliphatic rings. The van der Waals surface area contributed by atoms with Crippen molar-refractivity contribution in [3.8, 4) is 5.75 Å². The van der Waals surface area contributed by atoms with E-state index in [1.165, 1.54) is 11.1 Å². The first-order valence-electron chi connectivity index (χ1n) is 9.01. The third-order valence-corrected chi connectivity index (χ3v) is 3.28. The molecule has 2 aromatic rings. The van der Waals surface area contributed by atoms with Crippen LogP contribution in [0.15, 0.2) is 54.6 Å². The van der Waals surface area contributed by atoms with Crippen molar-refractivity contribution in [3.05, 3.63) is 65.7 Å². The van der Waals surface area contributed by atoms with E-state index < -0.39 is 0 Å². The number of ether oxygens (including phenoxy) is 1. The molecule has 1 atom stereocenters. The molecule has 0 aliphatic heterocycles.